The van der Waals surface area contributed by atoms with Crippen LogP contribution in [0.2, 0.25) is 0 Å². The van der Waals surface area contributed by atoms with E-state index < -0.39 is 0 Å². The molecule has 2 rings (SSSR count). The van der Waals surface area contributed by atoms with Crippen LogP contribution in [-0.2, 0) is 4.74 Å². The van der Waals surface area contributed by atoms with Crippen LogP contribution in [0.3, 0.4) is 0 Å². The van der Waals surface area contributed by atoms with Crippen LogP contribution in [0.5, 0.6) is 0 Å². The van der Waals surface area contributed by atoms with Crippen molar-refractivity contribution in [3.8, 4) is 0 Å². The van der Waals surface area contributed by atoms with Crippen molar-refractivity contribution in [1.29, 1.82) is 0 Å². The summed E-state index contributed by atoms with van der Waals surface area (Å²) in [5.41, 5.74) is 1.39. The summed E-state index contributed by atoms with van der Waals surface area (Å²) >= 11 is 0. The fourth-order valence-electron chi connectivity index (χ4n) is 2.12. The lowest BCUT2D eigenvalue weighted by molar-refractivity contribution is -0.101. The topological polar surface area (TPSA) is 71.4 Å². The number of rotatable bonds is 2. The normalized spacial score (nSPS) is 23.2. The number of aromatic nitrogens is 3. The molecule has 18 heavy (non-hydrogen) atoms. The van der Waals surface area contributed by atoms with Crippen LogP contribution in [0.25, 0.3) is 0 Å². The third-order valence-electron chi connectivity index (χ3n) is 3.05. The minimum Gasteiger partial charge on any atom is -0.394 e. The molecule has 100 valence electrons. The molecule has 6 nitrogen and oxygen atoms in total. The van der Waals surface area contributed by atoms with Crippen molar-refractivity contribution in [2.24, 2.45) is 0 Å². The van der Waals surface area contributed by atoms with Gasteiger partial charge in [-0.15, -0.1) is 5.10 Å². The lowest BCUT2D eigenvalue weighted by atomic mass is 10.1. The van der Waals surface area contributed by atoms with E-state index in [1.54, 1.807) is 0 Å². The van der Waals surface area contributed by atoms with Crippen molar-refractivity contribution < 1.29 is 9.84 Å². The molecular weight excluding hydrogens is 232 g/mol. The number of aliphatic hydroxyl groups excluding tert-OH is 1. The summed E-state index contributed by atoms with van der Waals surface area (Å²) in [4.78, 5) is 6.46. The summed E-state index contributed by atoms with van der Waals surface area (Å²) < 4.78 is 5.76. The SMILES string of the molecule is Cc1nnc(N2CC(CO)OC(C)(C)C2)nc1C. The minimum atomic E-state index is -0.326. The van der Waals surface area contributed by atoms with Gasteiger partial charge >= 0.3 is 0 Å². The lowest BCUT2D eigenvalue weighted by Crippen LogP contribution is -2.54. The van der Waals surface area contributed by atoms with Crippen LogP contribution in [0, 0.1) is 13.8 Å². The molecule has 1 unspecified atom stereocenters. The van der Waals surface area contributed by atoms with Crippen molar-refractivity contribution in [3.63, 3.8) is 0 Å². The Bertz CT molecular complexity index is 436. The maximum absolute atomic E-state index is 9.28. The molecule has 1 aromatic heterocycles. The zero-order chi connectivity index (χ0) is 13.3. The van der Waals surface area contributed by atoms with Gasteiger partial charge < -0.3 is 14.7 Å². The number of hydrogen-bond donors (Lipinski definition) is 1. The summed E-state index contributed by atoms with van der Waals surface area (Å²) in [6, 6.07) is 0. The van der Waals surface area contributed by atoms with E-state index in [0.29, 0.717) is 19.0 Å². The Morgan fingerprint density at radius 2 is 2.06 bits per heavy atom. The van der Waals surface area contributed by atoms with Crippen LogP contribution in [-0.4, -0.2) is 51.7 Å². The first-order valence-electron chi connectivity index (χ1n) is 6.13. The van der Waals surface area contributed by atoms with Crippen LogP contribution < -0.4 is 4.90 Å². The predicted octanol–water partition coefficient (Wildman–Crippen LogP) is 0.465. The predicted molar refractivity (Wildman–Crippen MR) is 67.6 cm³/mol. The van der Waals surface area contributed by atoms with E-state index >= 15 is 0 Å². The minimum absolute atomic E-state index is 0.00178. The van der Waals surface area contributed by atoms with Gasteiger partial charge in [-0.2, -0.15) is 5.10 Å². The molecule has 1 aliphatic heterocycles. The molecular formula is C12H20N4O2. The number of ether oxygens (including phenoxy) is 1. The fraction of sp³-hybridized carbons (Fsp3) is 0.750. The molecule has 1 aromatic rings. The molecule has 1 atom stereocenters. The largest absolute Gasteiger partial charge is 0.394 e. The van der Waals surface area contributed by atoms with Gasteiger partial charge in [0.2, 0.25) is 5.95 Å². The number of aryl methyl sites for hydroxylation is 2. The Kier molecular flexibility index (Phi) is 3.49. The number of hydrogen-bond acceptors (Lipinski definition) is 6. The molecule has 6 heteroatoms. The highest BCUT2D eigenvalue weighted by Crippen LogP contribution is 2.23. The molecule has 0 aromatic carbocycles. The Morgan fingerprint density at radius 1 is 1.33 bits per heavy atom. The van der Waals surface area contributed by atoms with Gasteiger partial charge in [0.1, 0.15) is 0 Å². The number of anilines is 1. The van der Waals surface area contributed by atoms with E-state index in [9.17, 15) is 5.11 Å². The summed E-state index contributed by atoms with van der Waals surface area (Å²) in [5.74, 6) is 0.605. The maximum Gasteiger partial charge on any atom is 0.245 e. The summed E-state index contributed by atoms with van der Waals surface area (Å²) in [7, 11) is 0. The highest BCUT2D eigenvalue weighted by Gasteiger charge is 2.34. The van der Waals surface area contributed by atoms with Gasteiger partial charge in [-0.05, 0) is 27.7 Å². The summed E-state index contributed by atoms with van der Waals surface area (Å²) in [5, 5.41) is 17.5. The zero-order valence-electron chi connectivity index (χ0n) is 11.3. The van der Waals surface area contributed by atoms with E-state index in [1.165, 1.54) is 0 Å². The molecule has 2 heterocycles. The highest BCUT2D eigenvalue weighted by atomic mass is 16.5. The molecule has 1 saturated heterocycles. The number of morpholine rings is 1. The van der Waals surface area contributed by atoms with Gasteiger partial charge in [0.05, 0.1) is 29.7 Å². The maximum atomic E-state index is 9.28. The van der Waals surface area contributed by atoms with E-state index in [0.717, 1.165) is 11.4 Å². The van der Waals surface area contributed by atoms with Crippen molar-refractivity contribution in [1.82, 2.24) is 15.2 Å². The third kappa shape index (κ3) is 2.76. The van der Waals surface area contributed by atoms with Crippen LogP contribution in [0.4, 0.5) is 5.95 Å². The second-order valence-electron chi connectivity index (χ2n) is 5.35. The van der Waals surface area contributed by atoms with E-state index in [1.807, 2.05) is 32.6 Å². The van der Waals surface area contributed by atoms with Gasteiger partial charge in [0.25, 0.3) is 0 Å². The van der Waals surface area contributed by atoms with E-state index in [4.69, 9.17) is 4.74 Å². The first kappa shape index (κ1) is 13.2. The molecule has 0 spiro atoms. The molecule has 0 amide bonds. The summed E-state index contributed by atoms with van der Waals surface area (Å²) in [6.07, 6.45) is -0.209. The van der Waals surface area contributed by atoms with Crippen LogP contribution in [0.1, 0.15) is 25.2 Å². The first-order valence-corrected chi connectivity index (χ1v) is 6.13. The molecule has 0 aliphatic carbocycles. The third-order valence-corrected chi connectivity index (χ3v) is 3.05. The lowest BCUT2D eigenvalue weighted by Gasteiger charge is -2.42. The molecule has 1 fully saturated rings. The quantitative estimate of drug-likeness (QED) is 0.824. The molecule has 0 saturated carbocycles. The fourth-order valence-corrected chi connectivity index (χ4v) is 2.12. The Labute approximate surface area is 107 Å². The smallest absolute Gasteiger partial charge is 0.245 e. The Hall–Kier alpha value is -1.27. The molecule has 0 radical (unpaired) electrons. The van der Waals surface area contributed by atoms with Gasteiger partial charge in [0, 0.05) is 13.1 Å². The van der Waals surface area contributed by atoms with Crippen LogP contribution >= 0.6 is 0 Å². The molecule has 1 N–H and O–H groups in total. The van der Waals surface area contributed by atoms with Gasteiger partial charge in [-0.25, -0.2) is 4.98 Å². The average Bonchev–Trinajstić information content (AvgIpc) is 2.30. The van der Waals surface area contributed by atoms with Crippen molar-refractivity contribution >= 4 is 5.95 Å². The molecule has 0 bridgehead atoms. The Morgan fingerprint density at radius 3 is 2.67 bits per heavy atom. The first-order chi connectivity index (χ1) is 8.41. The Balaban J connectivity index is 2.23. The van der Waals surface area contributed by atoms with Gasteiger partial charge in [0.15, 0.2) is 0 Å². The second-order valence-corrected chi connectivity index (χ2v) is 5.35. The average molecular weight is 252 g/mol. The van der Waals surface area contributed by atoms with E-state index in [2.05, 4.69) is 15.2 Å². The van der Waals surface area contributed by atoms with Crippen molar-refractivity contribution in [3.05, 3.63) is 11.4 Å². The summed E-state index contributed by atoms with van der Waals surface area (Å²) in [6.45, 7) is 9.07. The van der Waals surface area contributed by atoms with Crippen molar-refractivity contribution in [2.45, 2.75) is 39.4 Å². The second kappa shape index (κ2) is 4.78. The monoisotopic (exact) mass is 252 g/mol. The van der Waals surface area contributed by atoms with Gasteiger partial charge in [-0.3, -0.25) is 0 Å². The number of aliphatic hydroxyl groups is 1. The number of nitrogens with zero attached hydrogens (tertiary/aromatic N) is 4. The highest BCUT2D eigenvalue weighted by molar-refractivity contribution is 5.32. The van der Waals surface area contributed by atoms with Crippen molar-refractivity contribution in [2.75, 3.05) is 24.6 Å². The molecule has 1 aliphatic rings. The van der Waals surface area contributed by atoms with Gasteiger partial charge in [-0.1, -0.05) is 0 Å². The standard InChI is InChI=1S/C12H20N4O2/c1-8-9(2)14-15-11(13-8)16-5-10(6-17)18-12(3,4)7-16/h10,17H,5-7H2,1-4H3. The van der Waals surface area contributed by atoms with Crippen LogP contribution in [0.15, 0.2) is 0 Å². The van der Waals surface area contributed by atoms with E-state index in [-0.39, 0.29) is 18.3 Å². The zero-order valence-corrected chi connectivity index (χ0v) is 11.3.